The van der Waals surface area contributed by atoms with Crippen molar-refractivity contribution in [3.63, 3.8) is 0 Å². The Hall–Kier alpha value is -0.0300. The number of hydrogen-bond donors (Lipinski definition) is 2. The normalized spacial score (nSPS) is 11.8. The quantitative estimate of drug-likeness (QED) is 0.614. The van der Waals surface area contributed by atoms with Crippen LogP contribution in [0, 0.1) is 0 Å². The Balaban J connectivity index is 2.56. The molecule has 0 aliphatic carbocycles. The van der Waals surface area contributed by atoms with Crippen LogP contribution in [-0.2, 0) is 6.54 Å². The summed E-state index contributed by atoms with van der Waals surface area (Å²) in [6, 6.07) is 6.47. The Morgan fingerprint density at radius 3 is 2.61 bits per heavy atom. The summed E-state index contributed by atoms with van der Waals surface area (Å²) >= 11 is 5.39. The zero-order chi connectivity index (χ0) is 13.6. The number of benzene rings is 1. The molecule has 0 aliphatic rings. The van der Waals surface area contributed by atoms with E-state index >= 15 is 0 Å². The molecule has 1 aromatic carbocycles. The monoisotopic (exact) mass is 331 g/mol. The summed E-state index contributed by atoms with van der Waals surface area (Å²) in [5.41, 5.74) is 1.42. The van der Waals surface area contributed by atoms with Crippen LogP contribution < -0.4 is 5.32 Å². The summed E-state index contributed by atoms with van der Waals surface area (Å²) in [6.07, 6.45) is 0.838. The molecule has 4 heteroatoms. The fourth-order valence-corrected chi connectivity index (χ4v) is 3.01. The van der Waals surface area contributed by atoms with Crippen LogP contribution in [0.15, 0.2) is 27.6 Å². The molecular weight excluding hydrogens is 310 g/mol. The molecular formula is C14H22BrNOS. The molecule has 0 bridgehead atoms. The van der Waals surface area contributed by atoms with E-state index in [2.05, 4.69) is 60.2 Å². The first-order valence-corrected chi connectivity index (χ1v) is 7.97. The van der Waals surface area contributed by atoms with Gasteiger partial charge in [-0.2, -0.15) is 0 Å². The Morgan fingerprint density at radius 1 is 1.33 bits per heavy atom. The van der Waals surface area contributed by atoms with Crippen LogP contribution >= 0.6 is 27.7 Å². The highest BCUT2D eigenvalue weighted by atomic mass is 79.9. The summed E-state index contributed by atoms with van der Waals surface area (Å²) in [5.74, 6) is 0.953. The van der Waals surface area contributed by atoms with Crippen molar-refractivity contribution >= 4 is 27.7 Å². The van der Waals surface area contributed by atoms with E-state index in [9.17, 15) is 0 Å². The van der Waals surface area contributed by atoms with Crippen molar-refractivity contribution in [1.29, 1.82) is 0 Å². The number of aliphatic hydroxyl groups excluding tert-OH is 1. The van der Waals surface area contributed by atoms with E-state index < -0.39 is 0 Å². The zero-order valence-electron chi connectivity index (χ0n) is 11.3. The second-order valence-corrected chi connectivity index (χ2v) is 7.29. The minimum atomic E-state index is 0.140. The van der Waals surface area contributed by atoms with Crippen molar-refractivity contribution in [1.82, 2.24) is 5.32 Å². The fraction of sp³-hybridized carbons (Fsp3) is 0.571. The molecule has 0 fully saturated rings. The molecule has 18 heavy (non-hydrogen) atoms. The third-order valence-electron chi connectivity index (χ3n) is 2.38. The fourth-order valence-electron chi connectivity index (χ4n) is 1.39. The first-order valence-electron chi connectivity index (χ1n) is 6.19. The van der Waals surface area contributed by atoms with Crippen molar-refractivity contribution in [2.24, 2.45) is 0 Å². The van der Waals surface area contributed by atoms with Crippen LogP contribution in [-0.4, -0.2) is 23.0 Å². The number of hydrogen-bond acceptors (Lipinski definition) is 3. The molecule has 102 valence electrons. The van der Waals surface area contributed by atoms with E-state index in [1.165, 1.54) is 10.5 Å². The molecule has 0 spiro atoms. The molecule has 0 atom stereocenters. The molecule has 0 heterocycles. The van der Waals surface area contributed by atoms with Gasteiger partial charge in [0.15, 0.2) is 0 Å². The maximum atomic E-state index is 8.77. The van der Waals surface area contributed by atoms with Crippen LogP contribution in [0.2, 0.25) is 0 Å². The molecule has 0 aromatic heterocycles. The number of aliphatic hydroxyl groups is 1. The third kappa shape index (κ3) is 6.23. The molecule has 0 unspecified atom stereocenters. The Labute approximate surface area is 123 Å². The maximum Gasteiger partial charge on any atom is 0.0439 e. The molecule has 2 N–H and O–H groups in total. The first kappa shape index (κ1) is 16.0. The van der Waals surface area contributed by atoms with Gasteiger partial charge in [0.2, 0.25) is 0 Å². The van der Waals surface area contributed by atoms with Gasteiger partial charge in [-0.05, 0) is 60.8 Å². The maximum absolute atomic E-state index is 8.77. The average molecular weight is 332 g/mol. The van der Waals surface area contributed by atoms with Crippen LogP contribution in [0.3, 0.4) is 0 Å². The van der Waals surface area contributed by atoms with Crippen molar-refractivity contribution < 1.29 is 5.11 Å². The van der Waals surface area contributed by atoms with Crippen molar-refractivity contribution in [2.75, 3.05) is 12.4 Å². The molecule has 0 saturated heterocycles. The van der Waals surface area contributed by atoms with E-state index in [0.717, 1.165) is 23.2 Å². The number of thioether (sulfide) groups is 1. The topological polar surface area (TPSA) is 32.3 Å². The molecule has 0 amide bonds. The Bertz CT molecular complexity index is 377. The standard InChI is InChI=1S/C14H22BrNOS/c1-14(2,3)16-10-11-5-6-13(12(15)9-11)18-8-4-7-17/h5-6,9,16-17H,4,7-8,10H2,1-3H3. The molecule has 1 rings (SSSR count). The molecule has 0 radical (unpaired) electrons. The lowest BCUT2D eigenvalue weighted by Gasteiger charge is -2.20. The summed E-state index contributed by atoms with van der Waals surface area (Å²) in [4.78, 5) is 1.24. The van der Waals surface area contributed by atoms with Crippen LogP contribution in [0.5, 0.6) is 0 Å². The van der Waals surface area contributed by atoms with Crippen molar-refractivity contribution in [2.45, 2.75) is 44.2 Å². The summed E-state index contributed by atoms with van der Waals surface area (Å²) in [5, 5.41) is 12.2. The largest absolute Gasteiger partial charge is 0.396 e. The van der Waals surface area contributed by atoms with Crippen molar-refractivity contribution in [3.8, 4) is 0 Å². The van der Waals surface area contributed by atoms with Gasteiger partial charge < -0.3 is 10.4 Å². The lowest BCUT2D eigenvalue weighted by Crippen LogP contribution is -2.35. The average Bonchev–Trinajstić information content (AvgIpc) is 2.28. The van der Waals surface area contributed by atoms with Gasteiger partial charge in [0.1, 0.15) is 0 Å². The van der Waals surface area contributed by atoms with Crippen LogP contribution in [0.25, 0.3) is 0 Å². The smallest absolute Gasteiger partial charge is 0.0439 e. The predicted molar refractivity (Wildman–Crippen MR) is 83.2 cm³/mol. The SMILES string of the molecule is CC(C)(C)NCc1ccc(SCCCO)c(Br)c1. The van der Waals surface area contributed by atoms with E-state index in [-0.39, 0.29) is 12.1 Å². The zero-order valence-corrected chi connectivity index (χ0v) is 13.7. The van der Waals surface area contributed by atoms with Gasteiger partial charge in [0.25, 0.3) is 0 Å². The van der Waals surface area contributed by atoms with Gasteiger partial charge in [0.05, 0.1) is 0 Å². The minimum absolute atomic E-state index is 0.140. The van der Waals surface area contributed by atoms with Gasteiger partial charge in [-0.15, -0.1) is 11.8 Å². The summed E-state index contributed by atoms with van der Waals surface area (Å²) < 4.78 is 1.14. The lowest BCUT2D eigenvalue weighted by atomic mass is 10.1. The summed E-state index contributed by atoms with van der Waals surface area (Å²) in [6.45, 7) is 7.64. The Morgan fingerprint density at radius 2 is 2.06 bits per heavy atom. The minimum Gasteiger partial charge on any atom is -0.396 e. The van der Waals surface area contributed by atoms with Gasteiger partial charge in [0, 0.05) is 33.8 Å². The van der Waals surface area contributed by atoms with Gasteiger partial charge in [-0.3, -0.25) is 0 Å². The molecule has 1 aromatic rings. The highest BCUT2D eigenvalue weighted by Gasteiger charge is 2.09. The number of halogens is 1. The van der Waals surface area contributed by atoms with E-state index in [4.69, 9.17) is 5.11 Å². The van der Waals surface area contributed by atoms with Gasteiger partial charge in [-0.25, -0.2) is 0 Å². The Kier molecular flexibility index (Phi) is 6.71. The molecule has 2 nitrogen and oxygen atoms in total. The van der Waals surface area contributed by atoms with Crippen LogP contribution in [0.4, 0.5) is 0 Å². The second kappa shape index (κ2) is 7.53. The highest BCUT2D eigenvalue weighted by molar-refractivity contribution is 9.10. The highest BCUT2D eigenvalue weighted by Crippen LogP contribution is 2.28. The second-order valence-electron chi connectivity index (χ2n) is 5.29. The van der Waals surface area contributed by atoms with Crippen LogP contribution in [0.1, 0.15) is 32.8 Å². The molecule has 0 aliphatic heterocycles. The first-order chi connectivity index (χ1) is 8.42. The van der Waals surface area contributed by atoms with Crippen molar-refractivity contribution in [3.05, 3.63) is 28.2 Å². The number of nitrogens with one attached hydrogen (secondary N) is 1. The van der Waals surface area contributed by atoms with Gasteiger partial charge >= 0.3 is 0 Å². The summed E-state index contributed by atoms with van der Waals surface area (Å²) in [7, 11) is 0. The van der Waals surface area contributed by atoms with E-state index in [1.807, 2.05) is 0 Å². The van der Waals surface area contributed by atoms with Gasteiger partial charge in [-0.1, -0.05) is 6.07 Å². The predicted octanol–water partition coefficient (Wildman–Crippen LogP) is 3.81. The van der Waals surface area contributed by atoms with E-state index in [1.54, 1.807) is 11.8 Å². The third-order valence-corrected chi connectivity index (χ3v) is 4.46. The number of rotatable bonds is 6. The van der Waals surface area contributed by atoms with E-state index in [0.29, 0.717) is 0 Å². The molecule has 0 saturated carbocycles. The lowest BCUT2D eigenvalue weighted by molar-refractivity contribution is 0.296.